The highest BCUT2D eigenvalue weighted by atomic mass is 35.5. The predicted molar refractivity (Wildman–Crippen MR) is 111 cm³/mol. The fraction of sp³-hybridized carbons (Fsp3) is 0.391. The molecule has 0 bridgehead atoms. The molecule has 0 unspecified atom stereocenters. The van der Waals surface area contributed by atoms with Crippen LogP contribution in [-0.2, 0) is 9.59 Å². The first-order valence-corrected chi connectivity index (χ1v) is 10.4. The Labute approximate surface area is 170 Å². The summed E-state index contributed by atoms with van der Waals surface area (Å²) in [6.45, 7) is 0.0510. The number of benzene rings is 2. The van der Waals surface area contributed by atoms with E-state index in [2.05, 4.69) is 5.32 Å². The number of halogens is 1. The van der Waals surface area contributed by atoms with Gasteiger partial charge in [-0.25, -0.2) is 0 Å². The maximum Gasteiger partial charge on any atom is 0.244 e. The summed E-state index contributed by atoms with van der Waals surface area (Å²) in [6, 6.07) is 15.0. The Kier molecular flexibility index (Phi) is 5.67. The van der Waals surface area contributed by atoms with Crippen LogP contribution in [0.4, 0.5) is 5.69 Å². The molecule has 2 aromatic carbocycles. The Morgan fingerprint density at radius 2 is 1.86 bits per heavy atom. The number of nitrogens with one attached hydrogen (secondary N) is 1. The van der Waals surface area contributed by atoms with Crippen LogP contribution in [0.3, 0.4) is 0 Å². The van der Waals surface area contributed by atoms with E-state index in [9.17, 15) is 9.59 Å². The molecule has 4 nitrogen and oxygen atoms in total. The van der Waals surface area contributed by atoms with Crippen molar-refractivity contribution in [1.82, 2.24) is 4.90 Å². The Bertz CT molecular complexity index is 862. The first-order chi connectivity index (χ1) is 13.6. The lowest BCUT2D eigenvalue weighted by Crippen LogP contribution is -2.39. The Hall–Kier alpha value is -2.33. The molecule has 0 saturated heterocycles. The first kappa shape index (κ1) is 19.0. The highest BCUT2D eigenvalue weighted by Crippen LogP contribution is 2.38. The van der Waals surface area contributed by atoms with Crippen LogP contribution in [0.5, 0.6) is 0 Å². The minimum absolute atomic E-state index is 0.0312. The SMILES string of the molecule is O=C1CN(C(=O)CCC2CCCC2)[C@H](c2ccccc2)c2cc(Cl)ccc2N1. The summed E-state index contributed by atoms with van der Waals surface area (Å²) < 4.78 is 0. The second kappa shape index (κ2) is 8.36. The molecular formula is C23H25ClN2O2. The van der Waals surface area contributed by atoms with Crippen LogP contribution in [0.25, 0.3) is 0 Å². The standard InChI is InChI=1S/C23H25ClN2O2/c24-18-11-12-20-19(14-18)23(17-8-2-1-3-9-17)26(15-21(27)25-20)22(28)13-10-16-6-4-5-7-16/h1-3,8-9,11-12,14,16,23H,4-7,10,13,15H2,(H,25,27)/t23-/m1/s1. The molecule has 1 aliphatic heterocycles. The lowest BCUT2D eigenvalue weighted by molar-refractivity contribution is -0.136. The van der Waals surface area contributed by atoms with Gasteiger partial charge in [-0.1, -0.05) is 67.6 Å². The number of hydrogen-bond acceptors (Lipinski definition) is 2. The smallest absolute Gasteiger partial charge is 0.244 e. The fourth-order valence-corrected chi connectivity index (χ4v) is 4.66. The van der Waals surface area contributed by atoms with Crippen molar-refractivity contribution in [3.05, 3.63) is 64.7 Å². The van der Waals surface area contributed by atoms with E-state index in [0.717, 1.165) is 17.5 Å². The molecular weight excluding hydrogens is 372 g/mol. The summed E-state index contributed by atoms with van der Waals surface area (Å²) in [5.41, 5.74) is 2.56. The summed E-state index contributed by atoms with van der Waals surface area (Å²) in [4.78, 5) is 27.5. The first-order valence-electron chi connectivity index (χ1n) is 10.1. The number of rotatable bonds is 4. The largest absolute Gasteiger partial charge is 0.324 e. The van der Waals surface area contributed by atoms with E-state index in [-0.39, 0.29) is 24.4 Å². The molecule has 2 aliphatic rings. The molecule has 1 N–H and O–H groups in total. The van der Waals surface area contributed by atoms with Crippen molar-refractivity contribution in [2.45, 2.75) is 44.6 Å². The van der Waals surface area contributed by atoms with Gasteiger partial charge in [0.25, 0.3) is 0 Å². The number of anilines is 1. The molecule has 0 spiro atoms. The summed E-state index contributed by atoms with van der Waals surface area (Å²) >= 11 is 6.28. The highest BCUT2D eigenvalue weighted by molar-refractivity contribution is 6.30. The molecule has 28 heavy (non-hydrogen) atoms. The zero-order valence-electron chi connectivity index (χ0n) is 15.9. The van der Waals surface area contributed by atoms with Gasteiger partial charge < -0.3 is 10.2 Å². The van der Waals surface area contributed by atoms with Crippen molar-refractivity contribution in [3.63, 3.8) is 0 Å². The van der Waals surface area contributed by atoms with Crippen molar-refractivity contribution < 1.29 is 9.59 Å². The Morgan fingerprint density at radius 3 is 2.61 bits per heavy atom. The minimum atomic E-state index is -0.329. The molecule has 4 rings (SSSR count). The number of amides is 2. The Morgan fingerprint density at radius 1 is 1.11 bits per heavy atom. The van der Waals surface area contributed by atoms with Gasteiger partial charge in [0, 0.05) is 22.7 Å². The van der Waals surface area contributed by atoms with E-state index in [0.29, 0.717) is 23.0 Å². The number of hydrogen-bond donors (Lipinski definition) is 1. The molecule has 1 saturated carbocycles. The second-order valence-electron chi connectivity index (χ2n) is 7.80. The molecule has 1 fully saturated rings. The summed E-state index contributed by atoms with van der Waals surface area (Å²) in [5.74, 6) is 0.501. The Balaban J connectivity index is 1.69. The zero-order valence-corrected chi connectivity index (χ0v) is 16.6. The van der Waals surface area contributed by atoms with E-state index < -0.39 is 0 Å². The highest BCUT2D eigenvalue weighted by Gasteiger charge is 2.33. The maximum atomic E-state index is 13.2. The van der Waals surface area contributed by atoms with E-state index in [1.807, 2.05) is 42.5 Å². The molecule has 146 valence electrons. The van der Waals surface area contributed by atoms with Gasteiger partial charge in [0.15, 0.2) is 0 Å². The van der Waals surface area contributed by atoms with Crippen LogP contribution in [0, 0.1) is 5.92 Å². The van der Waals surface area contributed by atoms with E-state index in [1.165, 1.54) is 25.7 Å². The molecule has 1 heterocycles. The molecule has 0 radical (unpaired) electrons. The average Bonchev–Trinajstić information content (AvgIpc) is 3.17. The second-order valence-corrected chi connectivity index (χ2v) is 8.24. The van der Waals surface area contributed by atoms with Crippen molar-refractivity contribution in [1.29, 1.82) is 0 Å². The maximum absolute atomic E-state index is 13.2. The monoisotopic (exact) mass is 396 g/mol. The lowest BCUT2D eigenvalue weighted by Gasteiger charge is -2.31. The lowest BCUT2D eigenvalue weighted by atomic mass is 9.95. The number of carbonyl (C=O) groups excluding carboxylic acids is 2. The van der Waals surface area contributed by atoms with Gasteiger partial charge in [-0.15, -0.1) is 0 Å². The third-order valence-electron chi connectivity index (χ3n) is 5.88. The van der Waals surface area contributed by atoms with Crippen LogP contribution < -0.4 is 5.32 Å². The van der Waals surface area contributed by atoms with Crippen molar-refractivity contribution in [3.8, 4) is 0 Å². The van der Waals surface area contributed by atoms with Gasteiger partial charge in [0.05, 0.1) is 6.04 Å². The van der Waals surface area contributed by atoms with Crippen molar-refractivity contribution in [2.75, 3.05) is 11.9 Å². The normalized spacial score (nSPS) is 19.8. The van der Waals surface area contributed by atoms with Gasteiger partial charge in [-0.05, 0) is 36.1 Å². The van der Waals surface area contributed by atoms with Crippen molar-refractivity contribution >= 4 is 29.1 Å². The average molecular weight is 397 g/mol. The third-order valence-corrected chi connectivity index (χ3v) is 6.12. The van der Waals surface area contributed by atoms with Gasteiger partial charge in [-0.3, -0.25) is 9.59 Å². The van der Waals surface area contributed by atoms with E-state index in [4.69, 9.17) is 11.6 Å². The summed E-state index contributed by atoms with van der Waals surface area (Å²) in [5, 5.41) is 3.53. The number of nitrogens with zero attached hydrogens (tertiary/aromatic N) is 1. The van der Waals surface area contributed by atoms with E-state index >= 15 is 0 Å². The van der Waals surface area contributed by atoms with Crippen LogP contribution in [-0.4, -0.2) is 23.3 Å². The van der Waals surface area contributed by atoms with Crippen LogP contribution in [0.15, 0.2) is 48.5 Å². The molecule has 0 aromatic heterocycles. The fourth-order valence-electron chi connectivity index (χ4n) is 4.47. The van der Waals surface area contributed by atoms with Crippen LogP contribution in [0.2, 0.25) is 5.02 Å². The van der Waals surface area contributed by atoms with Crippen molar-refractivity contribution in [2.24, 2.45) is 5.92 Å². The van der Waals surface area contributed by atoms with Gasteiger partial charge in [0.2, 0.25) is 11.8 Å². The zero-order chi connectivity index (χ0) is 19.5. The molecule has 5 heteroatoms. The van der Waals surface area contributed by atoms with Crippen LogP contribution in [0.1, 0.15) is 55.7 Å². The van der Waals surface area contributed by atoms with E-state index in [1.54, 1.807) is 11.0 Å². The number of carbonyl (C=O) groups is 2. The van der Waals surface area contributed by atoms with Gasteiger partial charge in [0.1, 0.15) is 6.54 Å². The third kappa shape index (κ3) is 4.07. The molecule has 1 atom stereocenters. The van der Waals surface area contributed by atoms with Gasteiger partial charge in [-0.2, -0.15) is 0 Å². The summed E-state index contributed by atoms with van der Waals surface area (Å²) in [7, 11) is 0. The topological polar surface area (TPSA) is 49.4 Å². The van der Waals surface area contributed by atoms with Gasteiger partial charge >= 0.3 is 0 Å². The quantitative estimate of drug-likeness (QED) is 0.773. The molecule has 2 aromatic rings. The predicted octanol–water partition coefficient (Wildman–Crippen LogP) is 5.18. The van der Waals surface area contributed by atoms with Crippen LogP contribution >= 0.6 is 11.6 Å². The molecule has 2 amide bonds. The number of fused-ring (bicyclic) bond motifs is 1. The molecule has 1 aliphatic carbocycles. The minimum Gasteiger partial charge on any atom is -0.324 e. The summed E-state index contributed by atoms with van der Waals surface area (Å²) in [6.07, 6.45) is 6.35.